The topological polar surface area (TPSA) is 17.1 Å². The Balaban J connectivity index is 2.39. The SMILES string of the molecule is O=C(c1[c]cc(Br)c(Cl)c1)c1ccccc1. The second-order valence-corrected chi connectivity index (χ2v) is 4.50. The highest BCUT2D eigenvalue weighted by Crippen LogP contribution is 2.23. The number of rotatable bonds is 2. The van der Waals surface area contributed by atoms with Gasteiger partial charge in [-0.25, -0.2) is 0 Å². The number of ketones is 1. The lowest BCUT2D eigenvalue weighted by atomic mass is 10.0. The zero-order chi connectivity index (χ0) is 11.5. The molecule has 3 heteroatoms. The molecule has 16 heavy (non-hydrogen) atoms. The molecule has 2 aromatic rings. The maximum Gasteiger partial charge on any atom is 0.193 e. The van der Waals surface area contributed by atoms with Crippen molar-refractivity contribution >= 4 is 33.3 Å². The molecular weight excluding hydrogens is 287 g/mol. The Morgan fingerprint density at radius 1 is 1.25 bits per heavy atom. The van der Waals surface area contributed by atoms with Gasteiger partial charge in [-0.2, -0.15) is 0 Å². The first-order chi connectivity index (χ1) is 7.68. The second-order valence-electron chi connectivity index (χ2n) is 3.24. The summed E-state index contributed by atoms with van der Waals surface area (Å²) in [6.45, 7) is 0. The van der Waals surface area contributed by atoms with Crippen LogP contribution in [-0.4, -0.2) is 5.78 Å². The molecule has 0 unspecified atom stereocenters. The zero-order valence-corrected chi connectivity index (χ0v) is 10.5. The monoisotopic (exact) mass is 293 g/mol. The van der Waals surface area contributed by atoms with Gasteiger partial charge in [0.25, 0.3) is 0 Å². The van der Waals surface area contributed by atoms with E-state index < -0.39 is 0 Å². The average molecular weight is 295 g/mol. The summed E-state index contributed by atoms with van der Waals surface area (Å²) in [6.07, 6.45) is 0. The first-order valence-corrected chi connectivity index (χ1v) is 5.82. The molecule has 79 valence electrons. The lowest BCUT2D eigenvalue weighted by Crippen LogP contribution is -2.00. The fraction of sp³-hybridized carbons (Fsp3) is 0. The van der Waals surface area contributed by atoms with Gasteiger partial charge in [-0.15, -0.1) is 0 Å². The maximum absolute atomic E-state index is 12.0. The second kappa shape index (κ2) is 4.81. The predicted molar refractivity (Wildman–Crippen MR) is 67.9 cm³/mol. The molecule has 1 nitrogen and oxygen atoms in total. The van der Waals surface area contributed by atoms with Gasteiger partial charge in [-0.3, -0.25) is 4.79 Å². The highest BCUT2D eigenvalue weighted by Gasteiger charge is 2.10. The summed E-state index contributed by atoms with van der Waals surface area (Å²) in [4.78, 5) is 12.0. The number of carbonyl (C=O) groups is 1. The van der Waals surface area contributed by atoms with Crippen LogP contribution in [-0.2, 0) is 0 Å². The van der Waals surface area contributed by atoms with Crippen LogP contribution in [0.2, 0.25) is 5.02 Å². The number of benzene rings is 2. The van der Waals surface area contributed by atoms with Gasteiger partial charge >= 0.3 is 0 Å². The van der Waals surface area contributed by atoms with E-state index in [0.717, 1.165) is 4.47 Å². The number of halogens is 2. The van der Waals surface area contributed by atoms with Gasteiger partial charge in [0.15, 0.2) is 5.78 Å². The molecule has 2 aromatic carbocycles. The largest absolute Gasteiger partial charge is 0.289 e. The molecule has 2 rings (SSSR count). The average Bonchev–Trinajstić information content (AvgIpc) is 2.33. The van der Waals surface area contributed by atoms with E-state index in [4.69, 9.17) is 11.6 Å². The van der Waals surface area contributed by atoms with E-state index in [9.17, 15) is 4.79 Å². The first kappa shape index (κ1) is 11.4. The van der Waals surface area contributed by atoms with Crippen LogP contribution in [0.1, 0.15) is 15.9 Å². The van der Waals surface area contributed by atoms with Gasteiger partial charge in [0.1, 0.15) is 0 Å². The lowest BCUT2D eigenvalue weighted by Gasteiger charge is -2.02. The zero-order valence-electron chi connectivity index (χ0n) is 8.21. The summed E-state index contributed by atoms with van der Waals surface area (Å²) in [5, 5.41) is 0.512. The Labute approximate surface area is 107 Å². The van der Waals surface area contributed by atoms with Gasteiger partial charge < -0.3 is 0 Å². The normalized spacial score (nSPS) is 10.1. The maximum atomic E-state index is 12.0. The smallest absolute Gasteiger partial charge is 0.193 e. The fourth-order valence-electron chi connectivity index (χ4n) is 1.32. The highest BCUT2D eigenvalue weighted by molar-refractivity contribution is 9.10. The van der Waals surface area contributed by atoms with Crippen LogP contribution in [0, 0.1) is 6.07 Å². The predicted octanol–water partition coefficient (Wildman–Crippen LogP) is 4.13. The Morgan fingerprint density at radius 3 is 2.56 bits per heavy atom. The van der Waals surface area contributed by atoms with Crippen LogP contribution in [0.25, 0.3) is 0 Å². The fourth-order valence-corrected chi connectivity index (χ4v) is 1.72. The number of hydrogen-bond donors (Lipinski definition) is 0. The molecular formula is C13H7BrClO. The lowest BCUT2D eigenvalue weighted by molar-refractivity contribution is 0.103. The van der Waals surface area contributed by atoms with Crippen LogP contribution >= 0.6 is 27.5 Å². The van der Waals surface area contributed by atoms with E-state index >= 15 is 0 Å². The van der Waals surface area contributed by atoms with Crippen LogP contribution < -0.4 is 0 Å². The van der Waals surface area contributed by atoms with Crippen molar-refractivity contribution in [3.05, 3.63) is 69.2 Å². The first-order valence-electron chi connectivity index (χ1n) is 4.65. The van der Waals surface area contributed by atoms with Gasteiger partial charge in [-0.05, 0) is 34.1 Å². The molecule has 0 bridgehead atoms. The van der Waals surface area contributed by atoms with Gasteiger partial charge in [0.2, 0.25) is 0 Å². The van der Waals surface area contributed by atoms with Crippen LogP contribution in [0.15, 0.2) is 46.9 Å². The van der Waals surface area contributed by atoms with E-state index in [1.807, 2.05) is 18.2 Å². The molecule has 0 saturated carbocycles. The molecule has 0 saturated heterocycles. The minimum atomic E-state index is -0.0741. The van der Waals surface area contributed by atoms with Crippen molar-refractivity contribution in [3.63, 3.8) is 0 Å². The molecule has 0 atom stereocenters. The Kier molecular flexibility index (Phi) is 3.42. The minimum absolute atomic E-state index is 0.0741. The van der Waals surface area contributed by atoms with Crippen LogP contribution in [0.3, 0.4) is 0 Å². The molecule has 0 aliphatic carbocycles. The van der Waals surface area contributed by atoms with Crippen LogP contribution in [0.5, 0.6) is 0 Å². The third kappa shape index (κ3) is 2.34. The van der Waals surface area contributed by atoms with Gasteiger partial charge in [0, 0.05) is 15.6 Å². The van der Waals surface area contributed by atoms with E-state index in [-0.39, 0.29) is 5.78 Å². The number of carbonyl (C=O) groups excluding carboxylic acids is 1. The molecule has 0 heterocycles. The van der Waals surface area contributed by atoms with Crippen molar-refractivity contribution in [1.29, 1.82) is 0 Å². The minimum Gasteiger partial charge on any atom is -0.289 e. The molecule has 0 aliphatic heterocycles. The quantitative estimate of drug-likeness (QED) is 0.761. The molecule has 0 fully saturated rings. The van der Waals surface area contributed by atoms with Crippen molar-refractivity contribution in [2.24, 2.45) is 0 Å². The van der Waals surface area contributed by atoms with Crippen molar-refractivity contribution in [2.75, 3.05) is 0 Å². The van der Waals surface area contributed by atoms with Crippen molar-refractivity contribution in [2.45, 2.75) is 0 Å². The summed E-state index contributed by atoms with van der Waals surface area (Å²) < 4.78 is 0.735. The molecule has 0 N–H and O–H groups in total. The molecule has 1 radical (unpaired) electrons. The van der Waals surface area contributed by atoms with Crippen molar-refractivity contribution in [1.82, 2.24) is 0 Å². The summed E-state index contributed by atoms with van der Waals surface area (Å²) >= 11 is 9.19. The summed E-state index contributed by atoms with van der Waals surface area (Å²) in [6, 6.07) is 15.2. The molecule has 0 spiro atoms. The third-order valence-electron chi connectivity index (χ3n) is 2.13. The third-order valence-corrected chi connectivity index (χ3v) is 3.33. The Hall–Kier alpha value is -1.12. The van der Waals surface area contributed by atoms with Gasteiger partial charge in [-0.1, -0.05) is 41.9 Å². The summed E-state index contributed by atoms with van der Waals surface area (Å²) in [5.74, 6) is -0.0741. The molecule has 0 aromatic heterocycles. The van der Waals surface area contributed by atoms with Crippen molar-refractivity contribution < 1.29 is 4.79 Å². The van der Waals surface area contributed by atoms with E-state index in [2.05, 4.69) is 22.0 Å². The summed E-state index contributed by atoms with van der Waals surface area (Å²) in [7, 11) is 0. The van der Waals surface area contributed by atoms with Gasteiger partial charge in [0.05, 0.1) is 5.02 Å². The standard InChI is InChI=1S/C13H7BrClO/c14-11-7-6-10(8-12(11)15)13(16)9-4-2-1-3-5-9/h1-5,7-8H. The van der Waals surface area contributed by atoms with Crippen LogP contribution in [0.4, 0.5) is 0 Å². The van der Waals surface area contributed by atoms with Crippen molar-refractivity contribution in [3.8, 4) is 0 Å². The Morgan fingerprint density at radius 2 is 1.94 bits per heavy atom. The highest BCUT2D eigenvalue weighted by atomic mass is 79.9. The number of hydrogen-bond acceptors (Lipinski definition) is 1. The molecule has 0 amide bonds. The van der Waals surface area contributed by atoms with E-state index in [1.54, 1.807) is 24.3 Å². The molecule has 0 aliphatic rings. The summed E-state index contributed by atoms with van der Waals surface area (Å²) in [5.41, 5.74) is 1.11. The Bertz CT molecular complexity index is 523. The van der Waals surface area contributed by atoms with E-state index in [1.165, 1.54) is 0 Å². The van der Waals surface area contributed by atoms with E-state index in [0.29, 0.717) is 16.1 Å².